The summed E-state index contributed by atoms with van der Waals surface area (Å²) in [5, 5.41) is 0.467. The molecule has 0 aliphatic carbocycles. The quantitative estimate of drug-likeness (QED) is 0.666. The Labute approximate surface area is 122 Å². The Kier molecular flexibility index (Phi) is 3.24. The summed E-state index contributed by atoms with van der Waals surface area (Å²) in [5.74, 6) is -0.634. The van der Waals surface area contributed by atoms with Crippen molar-refractivity contribution in [2.75, 3.05) is 0 Å². The van der Waals surface area contributed by atoms with Crippen LogP contribution in [0.1, 0.15) is 5.56 Å². The Bertz CT molecular complexity index is 895. The average molecular weight is 307 g/mol. The molecule has 0 saturated heterocycles. The van der Waals surface area contributed by atoms with Crippen LogP contribution in [0.5, 0.6) is 0 Å². The highest BCUT2D eigenvalue weighted by atomic mass is 19.4. The van der Waals surface area contributed by atoms with E-state index >= 15 is 0 Å². The van der Waals surface area contributed by atoms with Gasteiger partial charge < -0.3 is 4.98 Å². The molecule has 2 nitrogen and oxygen atoms in total. The number of halogens is 4. The predicted molar refractivity (Wildman–Crippen MR) is 75.0 cm³/mol. The van der Waals surface area contributed by atoms with Gasteiger partial charge in [-0.15, -0.1) is 0 Å². The van der Waals surface area contributed by atoms with Crippen molar-refractivity contribution in [2.45, 2.75) is 6.18 Å². The summed E-state index contributed by atoms with van der Waals surface area (Å²) in [4.78, 5) is 13.6. The van der Waals surface area contributed by atoms with Crippen LogP contribution in [0.4, 0.5) is 17.6 Å². The lowest BCUT2D eigenvalue weighted by molar-refractivity contribution is -0.137. The largest absolute Gasteiger partial charge is 0.416 e. The molecule has 22 heavy (non-hydrogen) atoms. The van der Waals surface area contributed by atoms with Crippen LogP contribution in [0.2, 0.25) is 0 Å². The van der Waals surface area contributed by atoms with Crippen molar-refractivity contribution in [2.24, 2.45) is 0 Å². The third-order valence-electron chi connectivity index (χ3n) is 3.33. The standard InChI is InChI=1S/C16H9F4NO/c17-13-8-11(7-10-3-6-14(22)21-15(10)13)9-1-4-12(5-2-9)16(18,19)20/h1-8H,(H,21,22). The molecule has 0 amide bonds. The zero-order chi connectivity index (χ0) is 15.9. The second-order valence-corrected chi connectivity index (χ2v) is 4.82. The Morgan fingerprint density at radius 3 is 2.18 bits per heavy atom. The van der Waals surface area contributed by atoms with Crippen molar-refractivity contribution in [3.8, 4) is 11.1 Å². The first-order chi connectivity index (χ1) is 10.3. The fourth-order valence-corrected chi connectivity index (χ4v) is 2.24. The van der Waals surface area contributed by atoms with Crippen LogP contribution in [0.25, 0.3) is 22.0 Å². The summed E-state index contributed by atoms with van der Waals surface area (Å²) in [6.07, 6.45) is -4.41. The van der Waals surface area contributed by atoms with Crippen LogP contribution in [0.3, 0.4) is 0 Å². The molecule has 0 spiro atoms. The van der Waals surface area contributed by atoms with E-state index in [4.69, 9.17) is 0 Å². The monoisotopic (exact) mass is 307 g/mol. The molecule has 0 saturated carbocycles. The molecular formula is C16H9F4NO. The molecule has 0 radical (unpaired) electrons. The first-order valence-corrected chi connectivity index (χ1v) is 6.35. The predicted octanol–water partition coefficient (Wildman–Crippen LogP) is 4.35. The minimum absolute atomic E-state index is 0.0724. The van der Waals surface area contributed by atoms with Gasteiger partial charge >= 0.3 is 6.18 Å². The molecule has 2 aromatic carbocycles. The summed E-state index contributed by atoms with van der Waals surface area (Å²) in [7, 11) is 0. The molecule has 0 atom stereocenters. The Morgan fingerprint density at radius 1 is 0.864 bits per heavy atom. The number of hydrogen-bond donors (Lipinski definition) is 1. The van der Waals surface area contributed by atoms with Gasteiger partial charge in [0, 0.05) is 11.5 Å². The lowest BCUT2D eigenvalue weighted by Crippen LogP contribution is -2.04. The molecule has 0 aliphatic heterocycles. The number of fused-ring (bicyclic) bond motifs is 1. The van der Waals surface area contributed by atoms with Crippen molar-refractivity contribution >= 4 is 10.9 Å². The van der Waals surface area contributed by atoms with Crippen LogP contribution < -0.4 is 5.56 Å². The molecule has 6 heteroatoms. The van der Waals surface area contributed by atoms with Crippen LogP contribution in [0, 0.1) is 5.82 Å². The second kappa shape index (κ2) is 4.98. The summed E-state index contributed by atoms with van der Waals surface area (Å²) in [6.45, 7) is 0. The van der Waals surface area contributed by atoms with Gasteiger partial charge in [0.1, 0.15) is 5.82 Å². The van der Waals surface area contributed by atoms with E-state index in [-0.39, 0.29) is 5.52 Å². The molecule has 1 heterocycles. The van der Waals surface area contributed by atoms with Gasteiger partial charge in [0.05, 0.1) is 11.1 Å². The number of rotatable bonds is 1. The van der Waals surface area contributed by atoms with Crippen LogP contribution >= 0.6 is 0 Å². The van der Waals surface area contributed by atoms with Gasteiger partial charge in [0.25, 0.3) is 0 Å². The number of benzene rings is 2. The van der Waals surface area contributed by atoms with Crippen molar-refractivity contribution in [3.63, 3.8) is 0 Å². The maximum atomic E-state index is 14.0. The van der Waals surface area contributed by atoms with E-state index in [0.717, 1.165) is 12.1 Å². The molecule has 1 N–H and O–H groups in total. The number of nitrogens with one attached hydrogen (secondary N) is 1. The minimum atomic E-state index is -4.41. The van der Waals surface area contributed by atoms with Crippen molar-refractivity contribution in [1.82, 2.24) is 4.98 Å². The van der Waals surface area contributed by atoms with E-state index in [0.29, 0.717) is 16.5 Å². The van der Waals surface area contributed by atoms with Crippen LogP contribution in [0.15, 0.2) is 53.3 Å². The number of alkyl halides is 3. The summed E-state index contributed by atoms with van der Waals surface area (Å²) in [5.41, 5.74) is -0.218. The maximum absolute atomic E-state index is 14.0. The number of aromatic amines is 1. The van der Waals surface area contributed by atoms with E-state index in [1.54, 1.807) is 6.07 Å². The molecule has 0 unspecified atom stereocenters. The minimum Gasteiger partial charge on any atom is -0.319 e. The number of hydrogen-bond acceptors (Lipinski definition) is 1. The zero-order valence-electron chi connectivity index (χ0n) is 11.0. The van der Waals surface area contributed by atoms with E-state index in [9.17, 15) is 22.4 Å². The van der Waals surface area contributed by atoms with E-state index in [1.165, 1.54) is 30.3 Å². The van der Waals surface area contributed by atoms with Crippen molar-refractivity contribution in [3.05, 3.63) is 70.3 Å². The molecular weight excluding hydrogens is 298 g/mol. The van der Waals surface area contributed by atoms with Gasteiger partial charge in [0.15, 0.2) is 0 Å². The smallest absolute Gasteiger partial charge is 0.319 e. The highest BCUT2D eigenvalue weighted by Crippen LogP contribution is 2.32. The average Bonchev–Trinajstić information content (AvgIpc) is 2.47. The van der Waals surface area contributed by atoms with Crippen molar-refractivity contribution in [1.29, 1.82) is 0 Å². The second-order valence-electron chi connectivity index (χ2n) is 4.82. The summed E-state index contributed by atoms with van der Waals surface area (Å²) < 4.78 is 51.6. The lowest BCUT2D eigenvalue weighted by atomic mass is 10.0. The highest BCUT2D eigenvalue weighted by molar-refractivity contribution is 5.84. The van der Waals surface area contributed by atoms with Crippen LogP contribution in [-0.4, -0.2) is 4.98 Å². The lowest BCUT2D eigenvalue weighted by Gasteiger charge is -2.09. The van der Waals surface area contributed by atoms with Crippen molar-refractivity contribution < 1.29 is 17.6 Å². The van der Waals surface area contributed by atoms with Gasteiger partial charge in [-0.05, 0) is 41.5 Å². The molecule has 1 aromatic heterocycles. The van der Waals surface area contributed by atoms with Gasteiger partial charge in [-0.3, -0.25) is 4.79 Å². The van der Waals surface area contributed by atoms with Gasteiger partial charge in [-0.25, -0.2) is 4.39 Å². The molecule has 112 valence electrons. The van der Waals surface area contributed by atoms with E-state index < -0.39 is 23.1 Å². The van der Waals surface area contributed by atoms with Gasteiger partial charge in [-0.1, -0.05) is 12.1 Å². The first-order valence-electron chi connectivity index (χ1n) is 6.35. The zero-order valence-corrected chi connectivity index (χ0v) is 11.0. The fraction of sp³-hybridized carbons (Fsp3) is 0.0625. The molecule has 0 bridgehead atoms. The number of pyridine rings is 1. The Hall–Kier alpha value is -2.63. The summed E-state index contributed by atoms with van der Waals surface area (Å²) >= 11 is 0. The number of H-pyrrole nitrogens is 1. The first kappa shape index (κ1) is 14.3. The van der Waals surface area contributed by atoms with Crippen LogP contribution in [-0.2, 0) is 6.18 Å². The molecule has 0 aliphatic rings. The highest BCUT2D eigenvalue weighted by Gasteiger charge is 2.29. The third kappa shape index (κ3) is 2.59. The topological polar surface area (TPSA) is 32.9 Å². The molecule has 3 rings (SSSR count). The summed E-state index contributed by atoms with van der Waals surface area (Å²) in [6, 6.07) is 9.99. The molecule has 0 fully saturated rings. The SMILES string of the molecule is O=c1ccc2cc(-c3ccc(C(F)(F)F)cc3)cc(F)c2[nH]1. The Morgan fingerprint density at radius 2 is 1.55 bits per heavy atom. The molecule has 3 aromatic rings. The third-order valence-corrected chi connectivity index (χ3v) is 3.33. The normalized spacial score (nSPS) is 11.8. The maximum Gasteiger partial charge on any atom is 0.416 e. The number of aromatic nitrogens is 1. The Balaban J connectivity index is 2.10. The fourth-order valence-electron chi connectivity index (χ4n) is 2.24. The van der Waals surface area contributed by atoms with E-state index in [1.807, 2.05) is 0 Å². The van der Waals surface area contributed by atoms with Gasteiger partial charge in [-0.2, -0.15) is 13.2 Å². The van der Waals surface area contributed by atoms with Gasteiger partial charge in [0.2, 0.25) is 5.56 Å². The van der Waals surface area contributed by atoms with E-state index in [2.05, 4.69) is 4.98 Å².